The average molecular weight is 452 g/mol. The first kappa shape index (κ1) is 21.0. The minimum Gasteiger partial charge on any atom is -0.378 e. The number of anilines is 2. The number of aromatic nitrogens is 5. The normalized spacial score (nSPS) is 11.1. The molecule has 0 unspecified atom stereocenters. The van der Waals surface area contributed by atoms with Crippen molar-refractivity contribution in [1.29, 1.82) is 0 Å². The van der Waals surface area contributed by atoms with E-state index in [1.165, 1.54) is 10.9 Å². The average Bonchev–Trinajstić information content (AvgIpc) is 3.41. The lowest BCUT2D eigenvalue weighted by molar-refractivity contribution is 0.0949. The molecule has 4 aromatic rings. The van der Waals surface area contributed by atoms with Crippen LogP contribution in [0, 0.1) is 0 Å². The third kappa shape index (κ3) is 4.42. The molecule has 0 saturated carbocycles. The number of nitrogen functional groups attached to an aromatic ring is 1. The van der Waals surface area contributed by atoms with E-state index in [4.69, 9.17) is 17.3 Å². The van der Waals surface area contributed by atoms with Crippen molar-refractivity contribution in [3.8, 4) is 5.82 Å². The molecule has 32 heavy (non-hydrogen) atoms. The lowest BCUT2D eigenvalue weighted by Gasteiger charge is -2.19. The Hall–Kier alpha value is -4.25. The van der Waals surface area contributed by atoms with Crippen LogP contribution in [0.15, 0.2) is 64.3 Å². The van der Waals surface area contributed by atoms with Gasteiger partial charge in [0.05, 0.1) is 18.5 Å². The summed E-state index contributed by atoms with van der Waals surface area (Å²) in [5, 5.41) is 19.9. The fourth-order valence-electron chi connectivity index (χ4n) is 2.92. The molecule has 0 aliphatic heterocycles. The SMILES string of the molecule is CN(Cc1c(C(=O)NN=Cc2ccccc2Cl)nnn1-c1nonc1N)c1ccccc1. The molecule has 0 radical (unpaired) electrons. The number of carbonyl (C=O) groups is 1. The maximum absolute atomic E-state index is 12.8. The first-order chi connectivity index (χ1) is 15.5. The Morgan fingerprint density at radius 3 is 2.69 bits per heavy atom. The number of amides is 1. The van der Waals surface area contributed by atoms with Gasteiger partial charge in [0.2, 0.25) is 11.6 Å². The first-order valence-corrected chi connectivity index (χ1v) is 9.79. The number of rotatable bonds is 7. The van der Waals surface area contributed by atoms with E-state index in [2.05, 4.69) is 35.8 Å². The number of nitrogens with one attached hydrogen (secondary N) is 1. The molecule has 0 bridgehead atoms. The monoisotopic (exact) mass is 451 g/mol. The van der Waals surface area contributed by atoms with Gasteiger partial charge in [0.15, 0.2) is 5.69 Å². The highest BCUT2D eigenvalue weighted by molar-refractivity contribution is 6.33. The van der Waals surface area contributed by atoms with Crippen LogP contribution in [-0.2, 0) is 6.54 Å². The Balaban J connectivity index is 1.62. The van der Waals surface area contributed by atoms with Crippen LogP contribution in [0.25, 0.3) is 5.82 Å². The lowest BCUT2D eigenvalue weighted by atomic mass is 10.2. The van der Waals surface area contributed by atoms with E-state index in [1.807, 2.05) is 48.3 Å². The number of halogens is 1. The number of hydrogen-bond donors (Lipinski definition) is 2. The number of hydrazone groups is 1. The molecule has 0 spiro atoms. The number of hydrogen-bond acceptors (Lipinski definition) is 9. The highest BCUT2D eigenvalue weighted by Crippen LogP contribution is 2.20. The maximum Gasteiger partial charge on any atom is 0.293 e. The van der Waals surface area contributed by atoms with Gasteiger partial charge in [-0.05, 0) is 28.5 Å². The van der Waals surface area contributed by atoms with E-state index in [0.29, 0.717) is 16.3 Å². The Morgan fingerprint density at radius 1 is 1.22 bits per heavy atom. The molecule has 0 fully saturated rings. The quantitative estimate of drug-likeness (QED) is 0.322. The largest absolute Gasteiger partial charge is 0.378 e. The Kier molecular flexibility index (Phi) is 6.08. The summed E-state index contributed by atoms with van der Waals surface area (Å²) in [7, 11) is 1.87. The predicted octanol–water partition coefficient (Wildman–Crippen LogP) is 2.29. The molecule has 4 rings (SSSR count). The zero-order valence-corrected chi connectivity index (χ0v) is 17.6. The first-order valence-electron chi connectivity index (χ1n) is 9.41. The summed E-state index contributed by atoms with van der Waals surface area (Å²) in [6.45, 7) is 0.264. The Morgan fingerprint density at radius 2 is 1.97 bits per heavy atom. The maximum atomic E-state index is 12.8. The van der Waals surface area contributed by atoms with Crippen LogP contribution in [0.2, 0.25) is 5.02 Å². The molecule has 162 valence electrons. The summed E-state index contributed by atoms with van der Waals surface area (Å²) < 4.78 is 5.99. The van der Waals surface area contributed by atoms with Crippen molar-refractivity contribution in [2.45, 2.75) is 6.54 Å². The van der Waals surface area contributed by atoms with Crippen LogP contribution >= 0.6 is 11.6 Å². The summed E-state index contributed by atoms with van der Waals surface area (Å²) in [5.41, 5.74) is 10.3. The molecule has 0 saturated heterocycles. The number of carbonyl (C=O) groups excluding carboxylic acids is 1. The van der Waals surface area contributed by atoms with Crippen LogP contribution in [0.1, 0.15) is 21.7 Å². The fraction of sp³-hybridized carbons (Fsp3) is 0.100. The van der Waals surface area contributed by atoms with E-state index in [9.17, 15) is 4.79 Å². The summed E-state index contributed by atoms with van der Waals surface area (Å²) >= 11 is 6.10. The molecule has 1 amide bonds. The van der Waals surface area contributed by atoms with Gasteiger partial charge in [0.1, 0.15) is 0 Å². The van der Waals surface area contributed by atoms with Crippen molar-refractivity contribution in [2.75, 3.05) is 17.7 Å². The van der Waals surface area contributed by atoms with Gasteiger partial charge in [-0.3, -0.25) is 4.79 Å². The minimum atomic E-state index is -0.564. The molecule has 0 aliphatic rings. The number of nitrogens with zero attached hydrogens (tertiary/aromatic N) is 7. The Bertz CT molecular complexity index is 1250. The smallest absolute Gasteiger partial charge is 0.293 e. The van der Waals surface area contributed by atoms with Crippen molar-refractivity contribution >= 4 is 35.2 Å². The number of nitrogens with two attached hydrogens (primary N) is 1. The van der Waals surface area contributed by atoms with Gasteiger partial charge in [-0.1, -0.05) is 53.2 Å². The topological polar surface area (TPSA) is 140 Å². The van der Waals surface area contributed by atoms with Crippen LogP contribution < -0.4 is 16.1 Å². The highest BCUT2D eigenvalue weighted by atomic mass is 35.5. The van der Waals surface area contributed by atoms with Crippen LogP contribution in [-0.4, -0.2) is 44.5 Å². The lowest BCUT2D eigenvalue weighted by Crippen LogP contribution is -2.24. The second-order valence-electron chi connectivity index (χ2n) is 6.68. The molecule has 3 N–H and O–H groups in total. The van der Waals surface area contributed by atoms with E-state index in [-0.39, 0.29) is 23.9 Å². The molecular formula is C20H18ClN9O2. The molecule has 2 heterocycles. The third-order valence-corrected chi connectivity index (χ3v) is 4.88. The molecule has 11 nitrogen and oxygen atoms in total. The second kappa shape index (κ2) is 9.27. The zero-order valence-electron chi connectivity index (χ0n) is 16.9. The third-order valence-electron chi connectivity index (χ3n) is 4.53. The summed E-state index contributed by atoms with van der Waals surface area (Å²) in [4.78, 5) is 14.8. The molecular weight excluding hydrogens is 434 g/mol. The van der Waals surface area contributed by atoms with Crippen molar-refractivity contribution in [3.05, 3.63) is 76.6 Å². The van der Waals surface area contributed by atoms with Crippen molar-refractivity contribution in [3.63, 3.8) is 0 Å². The van der Waals surface area contributed by atoms with Crippen LogP contribution in [0.4, 0.5) is 11.5 Å². The Labute approximate surface area is 187 Å². The van der Waals surface area contributed by atoms with Gasteiger partial charge in [0.25, 0.3) is 5.91 Å². The van der Waals surface area contributed by atoms with Gasteiger partial charge in [-0.2, -0.15) is 9.78 Å². The van der Waals surface area contributed by atoms with E-state index in [0.717, 1.165) is 5.69 Å². The molecule has 12 heteroatoms. The number of para-hydroxylation sites is 1. The van der Waals surface area contributed by atoms with Gasteiger partial charge in [-0.15, -0.1) is 5.10 Å². The van der Waals surface area contributed by atoms with E-state index in [1.54, 1.807) is 18.2 Å². The van der Waals surface area contributed by atoms with Crippen molar-refractivity contribution in [1.82, 2.24) is 30.7 Å². The summed E-state index contributed by atoms with van der Waals surface area (Å²) in [6, 6.07) is 16.7. The van der Waals surface area contributed by atoms with Crippen molar-refractivity contribution < 1.29 is 9.42 Å². The standard InChI is InChI=1S/C20H18ClN9O2/c1-29(14-8-3-2-4-9-14)12-16-17(24-28-30(16)19-18(22)26-32-27-19)20(31)25-23-11-13-7-5-6-10-15(13)21/h2-11H,12H2,1H3,(H2,22,26)(H,25,31). The minimum absolute atomic E-state index is 0.0159. The molecule has 0 atom stereocenters. The molecule has 2 aromatic carbocycles. The predicted molar refractivity (Wildman–Crippen MR) is 119 cm³/mol. The van der Waals surface area contributed by atoms with Crippen LogP contribution in [0.5, 0.6) is 0 Å². The van der Waals surface area contributed by atoms with Gasteiger partial charge in [0, 0.05) is 23.3 Å². The zero-order chi connectivity index (χ0) is 22.5. The second-order valence-corrected chi connectivity index (χ2v) is 7.09. The highest BCUT2D eigenvalue weighted by Gasteiger charge is 2.25. The van der Waals surface area contributed by atoms with E-state index < -0.39 is 5.91 Å². The number of benzene rings is 2. The fourth-order valence-corrected chi connectivity index (χ4v) is 3.10. The van der Waals surface area contributed by atoms with Gasteiger partial charge >= 0.3 is 0 Å². The molecule has 0 aliphatic carbocycles. The van der Waals surface area contributed by atoms with E-state index >= 15 is 0 Å². The van der Waals surface area contributed by atoms with Gasteiger partial charge in [-0.25, -0.2) is 10.1 Å². The molecule has 2 aromatic heterocycles. The van der Waals surface area contributed by atoms with Gasteiger partial charge < -0.3 is 10.6 Å². The van der Waals surface area contributed by atoms with Crippen molar-refractivity contribution in [2.24, 2.45) is 5.10 Å². The summed E-state index contributed by atoms with van der Waals surface area (Å²) in [5.74, 6) is -0.416. The summed E-state index contributed by atoms with van der Waals surface area (Å²) in [6.07, 6.45) is 1.44. The van der Waals surface area contributed by atoms with Crippen LogP contribution in [0.3, 0.4) is 0 Å².